The summed E-state index contributed by atoms with van der Waals surface area (Å²) in [5.41, 5.74) is 5.41. The van der Waals surface area contributed by atoms with Gasteiger partial charge in [0.25, 0.3) is 5.91 Å². The van der Waals surface area contributed by atoms with E-state index in [0.717, 1.165) is 31.0 Å². The van der Waals surface area contributed by atoms with E-state index in [2.05, 4.69) is 10.1 Å². The summed E-state index contributed by atoms with van der Waals surface area (Å²) >= 11 is 0. The fraction of sp³-hybridized carbons (Fsp3) is 0.500. The first-order valence-electron chi connectivity index (χ1n) is 6.73. The Morgan fingerprint density at radius 1 is 1.41 bits per heavy atom. The van der Waals surface area contributed by atoms with Crippen LogP contribution < -0.4 is 15.8 Å². The summed E-state index contributed by atoms with van der Waals surface area (Å²) in [7, 11) is 0. The second-order valence-corrected chi connectivity index (χ2v) is 4.57. The summed E-state index contributed by atoms with van der Waals surface area (Å²) in [6, 6.07) is 2.61. The van der Waals surface area contributed by atoms with E-state index >= 15 is 0 Å². The van der Waals surface area contributed by atoms with Crippen LogP contribution in [0.2, 0.25) is 0 Å². The fourth-order valence-electron chi connectivity index (χ4n) is 1.84. The van der Waals surface area contributed by atoms with Gasteiger partial charge in [-0.2, -0.15) is 8.78 Å². The van der Waals surface area contributed by atoms with Crippen LogP contribution in [0.15, 0.2) is 18.2 Å². The molecule has 0 bridgehead atoms. The van der Waals surface area contributed by atoms with E-state index in [9.17, 15) is 18.0 Å². The Hall–Kier alpha value is -1.47. The predicted molar refractivity (Wildman–Crippen MR) is 80.1 cm³/mol. The number of nitrogens with one attached hydrogen (secondary N) is 1. The number of nitrogens with two attached hydrogens (primary N) is 1. The monoisotopic (exact) mass is 340 g/mol. The Balaban J connectivity index is 0.00000441. The smallest absolute Gasteiger partial charge is 0.387 e. The molecule has 0 spiro atoms. The number of benzene rings is 1. The second-order valence-electron chi connectivity index (χ2n) is 4.57. The lowest BCUT2D eigenvalue weighted by Crippen LogP contribution is -2.40. The third-order valence-electron chi connectivity index (χ3n) is 2.93. The average Bonchev–Trinajstić information content (AvgIpc) is 2.42. The number of hydrogen-bond acceptors (Lipinski definition) is 3. The van der Waals surface area contributed by atoms with E-state index < -0.39 is 24.1 Å². The highest BCUT2D eigenvalue weighted by Crippen LogP contribution is 2.22. The minimum atomic E-state index is -3.14. The van der Waals surface area contributed by atoms with Gasteiger partial charge in [0.15, 0.2) is 0 Å². The van der Waals surface area contributed by atoms with Gasteiger partial charge in [-0.3, -0.25) is 4.79 Å². The predicted octanol–water partition coefficient (Wildman–Crippen LogP) is 3.10. The minimum absolute atomic E-state index is 0. The highest BCUT2D eigenvalue weighted by molar-refractivity contribution is 5.97. The first-order chi connectivity index (χ1) is 9.97. The lowest BCUT2D eigenvalue weighted by Gasteiger charge is -2.18. The van der Waals surface area contributed by atoms with Crippen LogP contribution in [0, 0.1) is 5.82 Å². The molecule has 0 aliphatic heterocycles. The van der Waals surface area contributed by atoms with Crippen LogP contribution in [0.3, 0.4) is 0 Å². The van der Waals surface area contributed by atoms with Gasteiger partial charge in [-0.1, -0.05) is 19.8 Å². The summed E-state index contributed by atoms with van der Waals surface area (Å²) < 4.78 is 41.8. The standard InChI is InChI=1S/C14H19F3N2O2.ClH/c1-2-3-4-10(8-18)19-13(20)11-6-5-9(15)7-12(11)21-14(16)17;/h5-7,10,14H,2-4,8,18H2,1H3,(H,19,20);1H. The quantitative estimate of drug-likeness (QED) is 0.764. The van der Waals surface area contributed by atoms with Crippen LogP contribution in [-0.2, 0) is 0 Å². The SMILES string of the molecule is CCCCC(CN)NC(=O)c1ccc(F)cc1OC(F)F.Cl. The number of carbonyl (C=O) groups is 1. The molecule has 1 aromatic rings. The molecular formula is C14H20ClF3N2O2. The van der Waals surface area contributed by atoms with E-state index in [1.54, 1.807) is 0 Å². The molecule has 0 aromatic heterocycles. The van der Waals surface area contributed by atoms with Gasteiger partial charge in [0.05, 0.1) is 5.56 Å². The molecule has 0 aliphatic rings. The maximum Gasteiger partial charge on any atom is 0.387 e. The van der Waals surface area contributed by atoms with Crippen molar-refractivity contribution >= 4 is 18.3 Å². The van der Waals surface area contributed by atoms with Gasteiger partial charge in [0, 0.05) is 18.7 Å². The molecule has 8 heteroatoms. The molecule has 1 rings (SSSR count). The number of hydrogen-bond donors (Lipinski definition) is 2. The number of alkyl halides is 2. The number of unbranched alkanes of at least 4 members (excludes halogenated alkanes) is 1. The van der Waals surface area contributed by atoms with Crippen LogP contribution in [0.5, 0.6) is 5.75 Å². The van der Waals surface area contributed by atoms with Crippen molar-refractivity contribution in [3.8, 4) is 5.75 Å². The van der Waals surface area contributed by atoms with Crippen molar-refractivity contribution in [2.45, 2.75) is 38.8 Å². The third-order valence-corrected chi connectivity index (χ3v) is 2.93. The van der Waals surface area contributed by atoms with Crippen molar-refractivity contribution in [1.82, 2.24) is 5.32 Å². The van der Waals surface area contributed by atoms with Crippen molar-refractivity contribution in [2.24, 2.45) is 5.73 Å². The maximum absolute atomic E-state index is 13.1. The molecule has 0 fully saturated rings. The van der Waals surface area contributed by atoms with Gasteiger partial charge >= 0.3 is 6.61 Å². The molecule has 3 N–H and O–H groups in total. The largest absolute Gasteiger partial charge is 0.434 e. The van der Waals surface area contributed by atoms with Crippen molar-refractivity contribution in [3.63, 3.8) is 0 Å². The summed E-state index contributed by atoms with van der Waals surface area (Å²) in [6.45, 7) is -0.897. The number of rotatable bonds is 8. The average molecular weight is 341 g/mol. The number of ether oxygens (including phenoxy) is 1. The summed E-state index contributed by atoms with van der Waals surface area (Å²) in [6.07, 6.45) is 2.51. The molecule has 0 heterocycles. The second kappa shape index (κ2) is 10.3. The first kappa shape index (κ1) is 20.5. The zero-order valence-corrected chi connectivity index (χ0v) is 13.0. The fourth-order valence-corrected chi connectivity index (χ4v) is 1.84. The highest BCUT2D eigenvalue weighted by atomic mass is 35.5. The highest BCUT2D eigenvalue weighted by Gasteiger charge is 2.19. The topological polar surface area (TPSA) is 64.3 Å². The lowest BCUT2D eigenvalue weighted by molar-refractivity contribution is -0.0503. The van der Waals surface area contributed by atoms with Gasteiger partial charge in [-0.15, -0.1) is 12.4 Å². The molecule has 4 nitrogen and oxygen atoms in total. The zero-order chi connectivity index (χ0) is 15.8. The van der Waals surface area contributed by atoms with E-state index in [0.29, 0.717) is 6.42 Å². The Morgan fingerprint density at radius 3 is 2.64 bits per heavy atom. The molecule has 1 atom stereocenters. The zero-order valence-electron chi connectivity index (χ0n) is 12.2. The van der Waals surface area contributed by atoms with Crippen LogP contribution in [0.4, 0.5) is 13.2 Å². The summed E-state index contributed by atoms with van der Waals surface area (Å²) in [5, 5.41) is 2.64. The van der Waals surface area contributed by atoms with E-state index in [1.165, 1.54) is 0 Å². The number of halogens is 4. The molecule has 0 saturated carbocycles. The van der Waals surface area contributed by atoms with Crippen molar-refractivity contribution in [1.29, 1.82) is 0 Å². The van der Waals surface area contributed by atoms with E-state index in [1.807, 2.05) is 6.92 Å². The van der Waals surface area contributed by atoms with Crippen LogP contribution in [0.1, 0.15) is 36.5 Å². The lowest BCUT2D eigenvalue weighted by atomic mass is 10.1. The van der Waals surface area contributed by atoms with Crippen molar-refractivity contribution < 1.29 is 22.7 Å². The molecule has 0 aliphatic carbocycles. The third kappa shape index (κ3) is 6.53. The van der Waals surface area contributed by atoms with Gasteiger partial charge < -0.3 is 15.8 Å². The number of carbonyl (C=O) groups excluding carboxylic acids is 1. The van der Waals surface area contributed by atoms with Crippen LogP contribution >= 0.6 is 12.4 Å². The molecule has 1 unspecified atom stereocenters. The molecule has 0 radical (unpaired) electrons. The Morgan fingerprint density at radius 2 is 2.09 bits per heavy atom. The maximum atomic E-state index is 13.1. The summed E-state index contributed by atoms with van der Waals surface area (Å²) in [5.74, 6) is -1.87. The minimum Gasteiger partial charge on any atom is -0.434 e. The van der Waals surface area contributed by atoms with E-state index in [-0.39, 0.29) is 30.6 Å². The molecule has 22 heavy (non-hydrogen) atoms. The first-order valence-corrected chi connectivity index (χ1v) is 6.73. The van der Waals surface area contributed by atoms with Gasteiger partial charge in [0.2, 0.25) is 0 Å². The van der Waals surface area contributed by atoms with E-state index in [4.69, 9.17) is 5.73 Å². The van der Waals surface area contributed by atoms with Crippen molar-refractivity contribution in [3.05, 3.63) is 29.6 Å². The Kier molecular flexibility index (Phi) is 9.60. The number of amides is 1. The summed E-state index contributed by atoms with van der Waals surface area (Å²) in [4.78, 5) is 12.1. The molecule has 1 amide bonds. The Labute approximate surface area is 133 Å². The van der Waals surface area contributed by atoms with Gasteiger partial charge in [-0.25, -0.2) is 4.39 Å². The molecule has 1 aromatic carbocycles. The van der Waals surface area contributed by atoms with Crippen LogP contribution in [-0.4, -0.2) is 25.1 Å². The molecular weight excluding hydrogens is 321 g/mol. The normalized spacial score (nSPS) is 11.7. The van der Waals surface area contributed by atoms with Gasteiger partial charge in [-0.05, 0) is 18.6 Å². The van der Waals surface area contributed by atoms with Crippen molar-refractivity contribution in [2.75, 3.05) is 6.54 Å². The van der Waals surface area contributed by atoms with Gasteiger partial charge in [0.1, 0.15) is 11.6 Å². The Bertz CT molecular complexity index is 475. The molecule has 0 saturated heterocycles. The van der Waals surface area contributed by atoms with Crippen LogP contribution in [0.25, 0.3) is 0 Å². The molecule has 126 valence electrons.